The number of phenols is 19. The summed E-state index contributed by atoms with van der Waals surface area (Å²) in [6.07, 6.45) is -15.7. The highest BCUT2D eigenvalue weighted by Gasteiger charge is 2.57. The molecule has 0 saturated heterocycles. The summed E-state index contributed by atoms with van der Waals surface area (Å²) in [5.74, 6) is -38.0. The number of ether oxygens (including phenoxy) is 6. The van der Waals surface area contributed by atoms with Crippen molar-refractivity contribution in [2.24, 2.45) is 0 Å². The molecule has 7 aromatic carbocycles. The van der Waals surface area contributed by atoms with E-state index in [0.717, 1.165) is 18.2 Å². The third kappa shape index (κ3) is 8.66. The second-order valence-electron chi connectivity index (χ2n) is 19.9. The molecule has 31 nitrogen and oxygen atoms in total. The highest BCUT2D eigenvalue weighted by atomic mass is 16.6. The summed E-state index contributed by atoms with van der Waals surface area (Å²) in [4.78, 5) is 74.7. The van der Waals surface area contributed by atoms with Crippen molar-refractivity contribution in [3.63, 3.8) is 0 Å². The summed E-state index contributed by atoms with van der Waals surface area (Å²) in [5, 5.41) is 222. The molecule has 0 spiro atoms. The van der Waals surface area contributed by atoms with Gasteiger partial charge < -0.3 is 131 Å². The number of aliphatic hydroxyl groups excluding tert-OH is 1. The lowest BCUT2D eigenvalue weighted by Gasteiger charge is -2.43. The molecular weight excluding hydrogens is 1170 g/mol. The topological polar surface area (TPSA) is 545 Å². The van der Waals surface area contributed by atoms with Gasteiger partial charge in [-0.1, -0.05) is 6.07 Å². The molecule has 0 radical (unpaired) electrons. The number of aromatic hydroxyl groups is 19. The van der Waals surface area contributed by atoms with Crippen molar-refractivity contribution < 1.29 is 155 Å². The highest BCUT2D eigenvalue weighted by molar-refractivity contribution is 6.11. The second-order valence-corrected chi connectivity index (χ2v) is 19.9. The molecule has 7 aromatic rings. The molecule has 0 aromatic heterocycles. The third-order valence-electron chi connectivity index (χ3n) is 14.9. The van der Waals surface area contributed by atoms with E-state index in [1.165, 1.54) is 0 Å². The fraction of sp³-hybridized carbons (Fsp3) is 0.161. The van der Waals surface area contributed by atoms with Gasteiger partial charge in [-0.05, 0) is 48.0 Å². The van der Waals surface area contributed by atoms with Crippen LogP contribution in [-0.2, 0) is 30.1 Å². The van der Waals surface area contributed by atoms with Gasteiger partial charge in [-0.2, -0.15) is 0 Å². The monoisotopic (exact) mass is 1210 g/mol. The summed E-state index contributed by atoms with van der Waals surface area (Å²) in [6, 6.07) is 5.59. The van der Waals surface area contributed by atoms with E-state index in [2.05, 4.69) is 0 Å². The summed E-state index contributed by atoms with van der Waals surface area (Å²) < 4.78 is 35.6. The average molecular weight is 1210 g/mol. The standard InChI is InChI=1S/C56H40O31/c57-18-2-1-12(3-20(18)59)47-27(66)6-14-19(58)10-21(60)32(48(14)84-47)35-34-36-33(44(74)46(76)45(34)75)31-17(9-26(65)40(70)43(31)73)55(80)87-51(50(35)86-56(36)81)49-28(83-52(77)13-4-22(61)37(67)23(62)5-13)11-82-53(78)15-7-24(63)38(68)41(71)29(15)30-16(54(79)85-49)8-25(64)39(69)42(30)72/h1-5,7-10,27-28,35,47,49-51,57-76H,6,11H2/t27-,28-,35-,47+,49-,50-,51+/m0/s1. The largest absolute Gasteiger partial charge is 0.507 e. The van der Waals surface area contributed by atoms with Crippen LogP contribution >= 0.6 is 0 Å². The average Bonchev–Trinajstić information content (AvgIpc) is 0.817. The van der Waals surface area contributed by atoms with Crippen molar-refractivity contribution in [2.45, 2.75) is 49.0 Å². The lowest BCUT2D eigenvalue weighted by atomic mass is 9.73. The number of hydrogen-bond acceptors (Lipinski definition) is 31. The molecule has 0 fully saturated rings. The van der Waals surface area contributed by atoms with Crippen LogP contribution in [0.25, 0.3) is 22.3 Å². The Kier molecular flexibility index (Phi) is 13.1. The summed E-state index contributed by atoms with van der Waals surface area (Å²) in [7, 11) is 0. The molecule has 0 amide bonds. The quantitative estimate of drug-likeness (QED) is 0.0668. The Morgan fingerprint density at radius 1 is 0.414 bits per heavy atom. The first-order chi connectivity index (χ1) is 41.0. The Morgan fingerprint density at radius 3 is 1.46 bits per heavy atom. The lowest BCUT2D eigenvalue weighted by molar-refractivity contribution is -0.135. The molecule has 0 unspecified atom stereocenters. The number of fused-ring (bicyclic) bond motifs is 8. The Balaban J connectivity index is 1.25. The molecule has 31 heteroatoms. The van der Waals surface area contributed by atoms with Crippen molar-refractivity contribution in [3.05, 3.63) is 105 Å². The predicted molar refractivity (Wildman–Crippen MR) is 277 cm³/mol. The number of rotatable bonds is 5. The van der Waals surface area contributed by atoms with Gasteiger partial charge in [-0.25, -0.2) is 24.0 Å². The summed E-state index contributed by atoms with van der Waals surface area (Å²) in [6.45, 7) is -1.63. The maximum absolute atomic E-state index is 15.3. The van der Waals surface area contributed by atoms with Gasteiger partial charge in [-0.15, -0.1) is 0 Å². The zero-order valence-corrected chi connectivity index (χ0v) is 43.1. The van der Waals surface area contributed by atoms with Gasteiger partial charge in [0.15, 0.2) is 99.2 Å². The number of aliphatic hydroxyl groups is 1. The predicted octanol–water partition coefficient (Wildman–Crippen LogP) is 3.30. The fourth-order valence-corrected chi connectivity index (χ4v) is 10.9. The van der Waals surface area contributed by atoms with Crippen molar-refractivity contribution in [1.82, 2.24) is 0 Å². The number of carbonyl (C=O) groups is 5. The van der Waals surface area contributed by atoms with Crippen LogP contribution in [0.1, 0.15) is 86.1 Å². The van der Waals surface area contributed by atoms with Crippen LogP contribution in [-0.4, -0.2) is 169 Å². The van der Waals surface area contributed by atoms with Crippen molar-refractivity contribution in [1.29, 1.82) is 0 Å². The number of phenolic OH excluding ortho intramolecular Hbond substituents is 19. The molecule has 11 rings (SSSR count). The number of hydrogen-bond donors (Lipinski definition) is 20. The third-order valence-corrected chi connectivity index (χ3v) is 14.9. The van der Waals surface area contributed by atoms with Gasteiger partial charge in [0.2, 0.25) is 23.0 Å². The number of cyclic esters (lactones) is 3. The van der Waals surface area contributed by atoms with Gasteiger partial charge in [-0.3, -0.25) is 0 Å². The minimum Gasteiger partial charge on any atom is -0.507 e. The Bertz CT molecular complexity index is 4220. The van der Waals surface area contributed by atoms with Gasteiger partial charge in [0.25, 0.3) is 0 Å². The Hall–Kier alpha value is -12.2. The maximum atomic E-state index is 15.3. The minimum atomic E-state index is -3.00. The van der Waals surface area contributed by atoms with E-state index in [9.17, 15) is 112 Å². The molecule has 4 aliphatic heterocycles. The van der Waals surface area contributed by atoms with E-state index in [1.807, 2.05) is 0 Å². The SMILES string of the molecule is O=C(O[C@H]1COC(=O)c2cc(O)c(O)c(O)c2-c2c(cc(O)c(O)c2O)C(=O)O[C@@H]1[C@H]1OC(=O)c2cc(O)c(O)c(O)c2-c2c(O)c(O)c(O)c3c2C(=O)O[C@H]1[C@H]3c1c(O)cc(O)c2c1O[C@H](c1ccc(O)c(O)c1)[C@@H](O)C2)c1cc(O)c(O)c(O)c1. The zero-order valence-electron chi connectivity index (χ0n) is 43.1. The number of esters is 5. The van der Waals surface area contributed by atoms with E-state index in [1.54, 1.807) is 0 Å². The molecular formula is C56H40O31. The normalized spacial score (nSPS) is 20.4. The van der Waals surface area contributed by atoms with Gasteiger partial charge in [0.1, 0.15) is 30.0 Å². The molecule has 4 aliphatic rings. The first-order valence-corrected chi connectivity index (χ1v) is 24.9. The second kappa shape index (κ2) is 20.0. The van der Waals surface area contributed by atoms with Crippen LogP contribution in [0, 0.1) is 0 Å². The summed E-state index contributed by atoms with van der Waals surface area (Å²) >= 11 is 0. The van der Waals surface area contributed by atoms with Crippen LogP contribution in [0.2, 0.25) is 0 Å². The van der Waals surface area contributed by atoms with E-state index in [0.29, 0.717) is 36.4 Å². The van der Waals surface area contributed by atoms with Crippen LogP contribution in [0.3, 0.4) is 0 Å². The Labute approximate surface area is 480 Å². The van der Waals surface area contributed by atoms with Crippen LogP contribution in [0.15, 0.2) is 54.6 Å². The molecule has 20 N–H and O–H groups in total. The van der Waals surface area contributed by atoms with E-state index in [-0.39, 0.29) is 5.56 Å². The molecule has 87 heavy (non-hydrogen) atoms. The van der Waals surface area contributed by atoms with Crippen LogP contribution in [0.5, 0.6) is 115 Å². The highest BCUT2D eigenvalue weighted by Crippen LogP contribution is 2.62. The first kappa shape index (κ1) is 56.7. The van der Waals surface area contributed by atoms with Crippen molar-refractivity contribution >= 4 is 29.8 Å². The van der Waals surface area contributed by atoms with Gasteiger partial charge in [0, 0.05) is 51.4 Å². The van der Waals surface area contributed by atoms with E-state index < -0.39 is 267 Å². The van der Waals surface area contributed by atoms with Gasteiger partial charge in [0.05, 0.1) is 39.8 Å². The van der Waals surface area contributed by atoms with Crippen molar-refractivity contribution in [3.8, 4) is 137 Å². The number of carbonyl (C=O) groups excluding carboxylic acids is 5. The van der Waals surface area contributed by atoms with E-state index >= 15 is 14.4 Å². The first-order valence-electron chi connectivity index (χ1n) is 24.9. The van der Waals surface area contributed by atoms with Crippen LogP contribution < -0.4 is 4.74 Å². The Morgan fingerprint density at radius 2 is 0.908 bits per heavy atom. The zero-order chi connectivity index (χ0) is 63.0. The van der Waals surface area contributed by atoms with Gasteiger partial charge >= 0.3 is 29.8 Å². The van der Waals surface area contributed by atoms with Crippen molar-refractivity contribution in [2.75, 3.05) is 6.61 Å². The lowest BCUT2D eigenvalue weighted by Crippen LogP contribution is -2.56. The van der Waals surface area contributed by atoms with Crippen LogP contribution in [0.4, 0.5) is 0 Å². The molecule has 450 valence electrons. The molecule has 0 saturated carbocycles. The molecule has 0 aliphatic carbocycles. The minimum absolute atomic E-state index is 0.140. The number of benzene rings is 7. The molecule has 7 atom stereocenters. The summed E-state index contributed by atoms with van der Waals surface area (Å²) in [5.41, 5.74) is -13.3. The molecule has 2 bridgehead atoms. The fourth-order valence-electron chi connectivity index (χ4n) is 10.9. The maximum Gasteiger partial charge on any atom is 0.339 e. The van der Waals surface area contributed by atoms with E-state index in [4.69, 9.17) is 28.4 Å². The molecule has 4 heterocycles. The smallest absolute Gasteiger partial charge is 0.339 e.